The van der Waals surface area contributed by atoms with E-state index in [1.807, 2.05) is 23.1 Å². The molecule has 3 rings (SSSR count). The van der Waals surface area contributed by atoms with E-state index in [9.17, 15) is 9.59 Å². The van der Waals surface area contributed by atoms with E-state index in [0.29, 0.717) is 37.6 Å². The van der Waals surface area contributed by atoms with E-state index in [4.69, 9.17) is 17.3 Å². The van der Waals surface area contributed by atoms with Gasteiger partial charge in [0, 0.05) is 26.2 Å². The number of anilines is 1. The van der Waals surface area contributed by atoms with Crippen LogP contribution in [0.3, 0.4) is 0 Å². The molecule has 1 aliphatic rings. The Morgan fingerprint density at radius 3 is 2.30 bits per heavy atom. The van der Waals surface area contributed by atoms with Gasteiger partial charge in [-0.15, -0.1) is 12.4 Å². The Labute approximate surface area is 169 Å². The zero-order chi connectivity index (χ0) is 18.9. The van der Waals surface area contributed by atoms with Crippen LogP contribution < -0.4 is 16.2 Å². The predicted octanol–water partition coefficient (Wildman–Crippen LogP) is 1.69. The van der Waals surface area contributed by atoms with E-state index in [1.165, 1.54) is 4.68 Å². The third-order valence-electron chi connectivity index (χ3n) is 4.36. The zero-order valence-electron chi connectivity index (χ0n) is 15.3. The Balaban J connectivity index is 0.00000261. The first-order valence-electron chi connectivity index (χ1n) is 8.45. The third-order valence-corrected chi connectivity index (χ3v) is 4.72. The molecule has 27 heavy (non-hydrogen) atoms. The number of benzene rings is 1. The van der Waals surface area contributed by atoms with Crippen molar-refractivity contribution in [2.75, 3.05) is 31.1 Å². The van der Waals surface area contributed by atoms with Crippen molar-refractivity contribution in [1.29, 1.82) is 0 Å². The van der Waals surface area contributed by atoms with E-state index in [-0.39, 0.29) is 28.9 Å². The summed E-state index contributed by atoms with van der Waals surface area (Å²) >= 11 is 6.34. The summed E-state index contributed by atoms with van der Waals surface area (Å²) in [7, 11) is 0. The van der Waals surface area contributed by atoms with Crippen molar-refractivity contribution in [2.24, 2.45) is 5.73 Å². The Morgan fingerprint density at radius 1 is 1.15 bits per heavy atom. The molecular weight excluding hydrogens is 389 g/mol. The summed E-state index contributed by atoms with van der Waals surface area (Å²) in [6, 6.07) is 9.13. The van der Waals surface area contributed by atoms with Crippen LogP contribution in [-0.4, -0.2) is 52.3 Å². The van der Waals surface area contributed by atoms with Crippen LogP contribution in [0.2, 0.25) is 5.02 Å². The van der Waals surface area contributed by atoms with Crippen molar-refractivity contribution >= 4 is 35.6 Å². The number of para-hydroxylation sites is 1. The lowest BCUT2D eigenvalue weighted by molar-refractivity contribution is -0.136. The summed E-state index contributed by atoms with van der Waals surface area (Å²) in [6.45, 7) is 5.59. The van der Waals surface area contributed by atoms with Crippen molar-refractivity contribution in [1.82, 2.24) is 14.7 Å². The molecule has 0 spiro atoms. The minimum atomic E-state index is -0.891. The van der Waals surface area contributed by atoms with Crippen LogP contribution in [-0.2, 0) is 4.79 Å². The number of halogens is 2. The zero-order valence-corrected chi connectivity index (χ0v) is 16.8. The quantitative estimate of drug-likeness (QED) is 0.830. The molecular formula is C18H23Cl2N5O2. The number of rotatable bonds is 3. The molecule has 0 unspecified atom stereocenters. The van der Waals surface area contributed by atoms with Crippen LogP contribution in [0.25, 0.3) is 5.69 Å². The van der Waals surface area contributed by atoms with Crippen LogP contribution in [0.1, 0.15) is 13.8 Å². The molecule has 0 atom stereocenters. The van der Waals surface area contributed by atoms with Crippen molar-refractivity contribution in [3.8, 4) is 5.69 Å². The second-order valence-corrected chi connectivity index (χ2v) is 7.28. The Morgan fingerprint density at radius 2 is 1.74 bits per heavy atom. The average Bonchev–Trinajstić information content (AvgIpc) is 2.63. The van der Waals surface area contributed by atoms with Gasteiger partial charge in [0.2, 0.25) is 5.91 Å². The summed E-state index contributed by atoms with van der Waals surface area (Å²) in [5.41, 5.74) is 5.88. The minimum Gasteiger partial charge on any atom is -0.365 e. The van der Waals surface area contributed by atoms with Gasteiger partial charge in [0.25, 0.3) is 5.56 Å². The minimum absolute atomic E-state index is 0. The number of piperazine rings is 1. The summed E-state index contributed by atoms with van der Waals surface area (Å²) in [6.07, 6.45) is 1.60. The molecule has 9 heteroatoms. The predicted molar refractivity (Wildman–Crippen MR) is 109 cm³/mol. The smallest absolute Gasteiger partial charge is 0.292 e. The maximum Gasteiger partial charge on any atom is 0.292 e. The summed E-state index contributed by atoms with van der Waals surface area (Å²) in [5.74, 6) is -0.0825. The van der Waals surface area contributed by atoms with Crippen LogP contribution >= 0.6 is 24.0 Å². The monoisotopic (exact) mass is 411 g/mol. The standard InChI is InChI=1S/C18H22ClN5O2.ClH/c1-18(2,20)17(26)23-10-8-22(9-11-23)14-12-21-24(16(25)15(14)19)13-6-4-3-5-7-13;/h3-7,12H,8-11,20H2,1-2H3;1H. The fourth-order valence-electron chi connectivity index (χ4n) is 2.96. The van der Waals surface area contributed by atoms with E-state index >= 15 is 0 Å². The lowest BCUT2D eigenvalue weighted by Gasteiger charge is -2.38. The average molecular weight is 412 g/mol. The van der Waals surface area contributed by atoms with Gasteiger partial charge in [-0.3, -0.25) is 9.59 Å². The molecule has 1 aliphatic heterocycles. The van der Waals surface area contributed by atoms with Gasteiger partial charge in [0.15, 0.2) is 0 Å². The van der Waals surface area contributed by atoms with Crippen molar-refractivity contribution in [2.45, 2.75) is 19.4 Å². The van der Waals surface area contributed by atoms with E-state index in [2.05, 4.69) is 5.10 Å². The van der Waals surface area contributed by atoms with Crippen molar-refractivity contribution in [3.63, 3.8) is 0 Å². The third kappa shape index (κ3) is 4.43. The summed E-state index contributed by atoms with van der Waals surface area (Å²) in [5, 5.41) is 4.38. The molecule has 1 saturated heterocycles. The first-order chi connectivity index (χ1) is 12.3. The lowest BCUT2D eigenvalue weighted by Crippen LogP contribution is -2.57. The molecule has 1 amide bonds. The van der Waals surface area contributed by atoms with E-state index in [1.54, 1.807) is 37.1 Å². The molecule has 2 N–H and O–H groups in total. The normalized spacial score (nSPS) is 14.7. The maximum absolute atomic E-state index is 12.6. The van der Waals surface area contributed by atoms with Crippen LogP contribution in [0, 0.1) is 0 Å². The molecule has 146 valence electrons. The molecule has 0 aliphatic carbocycles. The van der Waals surface area contributed by atoms with Gasteiger partial charge >= 0.3 is 0 Å². The number of amides is 1. The highest BCUT2D eigenvalue weighted by atomic mass is 35.5. The molecule has 2 heterocycles. The number of hydrogen-bond donors (Lipinski definition) is 1. The number of carbonyl (C=O) groups is 1. The molecule has 2 aromatic rings. The Kier molecular flexibility index (Phi) is 6.51. The Hall–Kier alpha value is -2.09. The first kappa shape index (κ1) is 21.2. The van der Waals surface area contributed by atoms with Gasteiger partial charge in [0.05, 0.1) is 23.1 Å². The van der Waals surface area contributed by atoms with Crippen LogP contribution in [0.5, 0.6) is 0 Å². The molecule has 1 aromatic heterocycles. The fourth-order valence-corrected chi connectivity index (χ4v) is 3.20. The molecule has 0 radical (unpaired) electrons. The highest BCUT2D eigenvalue weighted by Gasteiger charge is 2.31. The second kappa shape index (κ2) is 8.29. The van der Waals surface area contributed by atoms with E-state index < -0.39 is 5.54 Å². The SMILES string of the molecule is CC(C)(N)C(=O)N1CCN(c2cnn(-c3ccccc3)c(=O)c2Cl)CC1.Cl. The Bertz CT molecular complexity index is 856. The largest absolute Gasteiger partial charge is 0.365 e. The number of aromatic nitrogens is 2. The van der Waals surface area contributed by atoms with Crippen molar-refractivity contribution < 1.29 is 4.79 Å². The number of nitrogens with zero attached hydrogens (tertiary/aromatic N) is 4. The molecule has 0 bridgehead atoms. The molecule has 7 nitrogen and oxygen atoms in total. The molecule has 1 fully saturated rings. The van der Waals surface area contributed by atoms with Gasteiger partial charge in [-0.1, -0.05) is 29.8 Å². The van der Waals surface area contributed by atoms with Gasteiger partial charge in [-0.2, -0.15) is 9.78 Å². The van der Waals surface area contributed by atoms with Gasteiger partial charge < -0.3 is 15.5 Å². The van der Waals surface area contributed by atoms with E-state index in [0.717, 1.165) is 0 Å². The van der Waals surface area contributed by atoms with Gasteiger partial charge in [0.1, 0.15) is 5.02 Å². The maximum atomic E-state index is 12.6. The highest BCUT2D eigenvalue weighted by molar-refractivity contribution is 6.33. The first-order valence-corrected chi connectivity index (χ1v) is 8.83. The van der Waals surface area contributed by atoms with Gasteiger partial charge in [-0.25, -0.2) is 0 Å². The number of nitrogens with two attached hydrogens (primary N) is 1. The summed E-state index contributed by atoms with van der Waals surface area (Å²) < 4.78 is 1.28. The van der Waals surface area contributed by atoms with Crippen LogP contribution in [0.4, 0.5) is 5.69 Å². The van der Waals surface area contributed by atoms with Crippen molar-refractivity contribution in [3.05, 3.63) is 51.9 Å². The molecule has 1 aromatic carbocycles. The van der Waals surface area contributed by atoms with Crippen LogP contribution in [0.15, 0.2) is 41.3 Å². The number of carbonyl (C=O) groups excluding carboxylic acids is 1. The highest BCUT2D eigenvalue weighted by Crippen LogP contribution is 2.23. The summed E-state index contributed by atoms with van der Waals surface area (Å²) in [4.78, 5) is 28.6. The second-order valence-electron chi connectivity index (χ2n) is 6.90. The number of hydrogen-bond acceptors (Lipinski definition) is 5. The lowest BCUT2D eigenvalue weighted by atomic mass is 10.0. The topological polar surface area (TPSA) is 84.5 Å². The molecule has 0 saturated carbocycles. The van der Waals surface area contributed by atoms with Gasteiger partial charge in [-0.05, 0) is 26.0 Å². The fraction of sp³-hybridized carbons (Fsp3) is 0.389.